The smallest absolute Gasteiger partial charge is 0.307 e. The molecule has 1 amide bonds. The van der Waals surface area contributed by atoms with E-state index in [1.165, 1.54) is 0 Å². The molecule has 0 saturated heterocycles. The number of rotatable bonds is 2. The van der Waals surface area contributed by atoms with Crippen LogP contribution in [0.3, 0.4) is 0 Å². The van der Waals surface area contributed by atoms with Gasteiger partial charge in [-0.25, -0.2) is 4.98 Å². The molecule has 23 heavy (non-hydrogen) atoms. The largest absolute Gasteiger partial charge is 0.481 e. The summed E-state index contributed by atoms with van der Waals surface area (Å²) in [6, 6.07) is 7.83. The fourth-order valence-corrected chi connectivity index (χ4v) is 3.92. The standard InChI is InChI=1S/C17H19N3O3/c21-15(11-5-1-2-6-12(11)16(22)23)20-10-9-19-14-8-4-3-7-13(14)18-17(19)20/h3-4,7-8,11-12H,1-2,5-6,9-10H2,(H,22,23). The number of amides is 1. The van der Waals surface area contributed by atoms with E-state index in [4.69, 9.17) is 0 Å². The van der Waals surface area contributed by atoms with E-state index in [9.17, 15) is 14.7 Å². The molecule has 1 fully saturated rings. The topological polar surface area (TPSA) is 75.4 Å². The molecule has 2 unspecified atom stereocenters. The number of carboxylic acid groups (broad SMARTS) is 1. The lowest BCUT2D eigenvalue weighted by Crippen LogP contribution is -2.42. The van der Waals surface area contributed by atoms with Crippen molar-refractivity contribution in [2.24, 2.45) is 11.8 Å². The third-order valence-corrected chi connectivity index (χ3v) is 5.09. The van der Waals surface area contributed by atoms with Crippen LogP contribution in [0.15, 0.2) is 24.3 Å². The lowest BCUT2D eigenvalue weighted by atomic mass is 9.78. The van der Waals surface area contributed by atoms with E-state index in [-0.39, 0.29) is 5.91 Å². The normalized spacial score (nSPS) is 23.9. The van der Waals surface area contributed by atoms with Gasteiger partial charge < -0.3 is 9.67 Å². The number of carboxylic acids is 1. The number of benzene rings is 1. The minimum atomic E-state index is -0.851. The van der Waals surface area contributed by atoms with Crippen LogP contribution >= 0.6 is 0 Å². The van der Waals surface area contributed by atoms with Gasteiger partial charge in [-0.1, -0.05) is 25.0 Å². The molecule has 4 rings (SSSR count). The highest BCUT2D eigenvalue weighted by Crippen LogP contribution is 2.35. The van der Waals surface area contributed by atoms with Crippen molar-refractivity contribution in [3.63, 3.8) is 0 Å². The van der Waals surface area contributed by atoms with Crippen molar-refractivity contribution in [2.45, 2.75) is 32.2 Å². The molecule has 2 atom stereocenters. The Morgan fingerprint density at radius 1 is 1.09 bits per heavy atom. The number of aromatic nitrogens is 2. The van der Waals surface area contributed by atoms with E-state index in [2.05, 4.69) is 4.98 Å². The van der Waals surface area contributed by atoms with Gasteiger partial charge in [0.15, 0.2) is 0 Å². The predicted molar refractivity (Wildman–Crippen MR) is 85.2 cm³/mol. The number of imidazole rings is 1. The van der Waals surface area contributed by atoms with Crippen molar-refractivity contribution in [2.75, 3.05) is 11.4 Å². The number of carbonyl (C=O) groups is 2. The first-order valence-corrected chi connectivity index (χ1v) is 8.16. The van der Waals surface area contributed by atoms with Crippen molar-refractivity contribution in [3.05, 3.63) is 24.3 Å². The molecule has 1 N–H and O–H groups in total. The van der Waals surface area contributed by atoms with Gasteiger partial charge in [-0.05, 0) is 25.0 Å². The Morgan fingerprint density at radius 2 is 1.83 bits per heavy atom. The number of nitrogens with zero attached hydrogens (tertiary/aromatic N) is 3. The number of anilines is 1. The summed E-state index contributed by atoms with van der Waals surface area (Å²) in [6.07, 6.45) is 3.06. The molecule has 1 saturated carbocycles. The fraction of sp³-hybridized carbons (Fsp3) is 0.471. The summed E-state index contributed by atoms with van der Waals surface area (Å²) >= 11 is 0. The summed E-state index contributed by atoms with van der Waals surface area (Å²) in [7, 11) is 0. The van der Waals surface area contributed by atoms with E-state index in [0.29, 0.717) is 31.9 Å². The van der Waals surface area contributed by atoms with Crippen LogP contribution in [0.25, 0.3) is 11.0 Å². The second kappa shape index (κ2) is 5.37. The molecule has 1 aliphatic carbocycles. The molecule has 6 heteroatoms. The molecular formula is C17H19N3O3. The zero-order chi connectivity index (χ0) is 16.0. The van der Waals surface area contributed by atoms with Gasteiger partial charge in [-0.3, -0.25) is 14.5 Å². The number of aliphatic carboxylic acids is 1. The third kappa shape index (κ3) is 2.20. The van der Waals surface area contributed by atoms with Crippen LogP contribution < -0.4 is 4.90 Å². The summed E-state index contributed by atoms with van der Waals surface area (Å²) < 4.78 is 2.05. The molecule has 1 aromatic carbocycles. The summed E-state index contributed by atoms with van der Waals surface area (Å²) in [6.45, 7) is 1.29. The predicted octanol–water partition coefficient (Wildman–Crippen LogP) is 2.27. The highest BCUT2D eigenvalue weighted by molar-refractivity contribution is 5.98. The second-order valence-corrected chi connectivity index (χ2v) is 6.38. The lowest BCUT2D eigenvalue weighted by molar-refractivity contribution is -0.148. The van der Waals surface area contributed by atoms with Crippen LogP contribution in [0.4, 0.5) is 5.95 Å². The molecule has 1 aromatic heterocycles. The third-order valence-electron chi connectivity index (χ3n) is 5.09. The molecule has 120 valence electrons. The molecule has 6 nitrogen and oxygen atoms in total. The molecule has 1 aliphatic heterocycles. The summed E-state index contributed by atoms with van der Waals surface area (Å²) in [4.78, 5) is 30.7. The minimum Gasteiger partial charge on any atom is -0.481 e. The first-order chi connectivity index (χ1) is 11.2. The lowest BCUT2D eigenvalue weighted by Gasteiger charge is -2.30. The minimum absolute atomic E-state index is 0.0776. The molecule has 2 heterocycles. The van der Waals surface area contributed by atoms with Crippen LogP contribution in [0.2, 0.25) is 0 Å². The summed E-state index contributed by atoms with van der Waals surface area (Å²) in [5.74, 6) is -1.25. The number of hydrogen-bond acceptors (Lipinski definition) is 3. The summed E-state index contributed by atoms with van der Waals surface area (Å²) in [5.41, 5.74) is 1.90. The van der Waals surface area contributed by atoms with Crippen LogP contribution in [-0.4, -0.2) is 33.1 Å². The Bertz CT molecular complexity index is 782. The Kier molecular flexibility index (Phi) is 3.32. The number of fused-ring (bicyclic) bond motifs is 3. The first-order valence-electron chi connectivity index (χ1n) is 8.16. The Labute approximate surface area is 133 Å². The van der Waals surface area contributed by atoms with Crippen LogP contribution in [0.1, 0.15) is 25.7 Å². The molecule has 0 spiro atoms. The molecule has 0 radical (unpaired) electrons. The van der Waals surface area contributed by atoms with Gasteiger partial charge >= 0.3 is 5.97 Å². The average molecular weight is 313 g/mol. The highest BCUT2D eigenvalue weighted by Gasteiger charge is 2.40. The summed E-state index contributed by atoms with van der Waals surface area (Å²) in [5, 5.41) is 9.42. The van der Waals surface area contributed by atoms with Gasteiger partial charge in [-0.2, -0.15) is 0 Å². The average Bonchev–Trinajstić information content (AvgIpc) is 3.13. The van der Waals surface area contributed by atoms with Crippen molar-refractivity contribution in [1.29, 1.82) is 0 Å². The van der Waals surface area contributed by atoms with Crippen molar-refractivity contribution in [1.82, 2.24) is 9.55 Å². The van der Waals surface area contributed by atoms with Crippen molar-refractivity contribution < 1.29 is 14.7 Å². The molecule has 0 bridgehead atoms. The SMILES string of the molecule is O=C(O)C1CCCCC1C(=O)N1CCn2c1nc1ccccc12. The number of carbonyl (C=O) groups excluding carboxylic acids is 1. The van der Waals surface area contributed by atoms with Gasteiger partial charge in [0.25, 0.3) is 0 Å². The monoisotopic (exact) mass is 313 g/mol. The Morgan fingerprint density at radius 3 is 2.61 bits per heavy atom. The van der Waals surface area contributed by atoms with Gasteiger partial charge in [0.1, 0.15) is 0 Å². The first kappa shape index (κ1) is 14.2. The zero-order valence-electron chi connectivity index (χ0n) is 12.8. The van der Waals surface area contributed by atoms with Crippen LogP contribution in [0.5, 0.6) is 0 Å². The van der Waals surface area contributed by atoms with E-state index >= 15 is 0 Å². The molecule has 2 aromatic rings. The van der Waals surface area contributed by atoms with Crippen molar-refractivity contribution >= 4 is 28.9 Å². The quantitative estimate of drug-likeness (QED) is 0.923. The van der Waals surface area contributed by atoms with E-state index in [0.717, 1.165) is 23.9 Å². The van der Waals surface area contributed by atoms with Gasteiger partial charge in [0.05, 0.1) is 22.9 Å². The Balaban J connectivity index is 1.67. The molecular weight excluding hydrogens is 294 g/mol. The second-order valence-electron chi connectivity index (χ2n) is 6.38. The van der Waals surface area contributed by atoms with Gasteiger partial charge in [0, 0.05) is 13.1 Å². The highest BCUT2D eigenvalue weighted by atomic mass is 16.4. The maximum absolute atomic E-state index is 13.0. The fourth-order valence-electron chi connectivity index (χ4n) is 3.92. The van der Waals surface area contributed by atoms with E-state index in [1.807, 2.05) is 28.8 Å². The van der Waals surface area contributed by atoms with E-state index < -0.39 is 17.8 Å². The maximum atomic E-state index is 13.0. The van der Waals surface area contributed by atoms with Gasteiger partial charge in [0.2, 0.25) is 11.9 Å². The van der Waals surface area contributed by atoms with E-state index in [1.54, 1.807) is 4.90 Å². The maximum Gasteiger partial charge on any atom is 0.307 e. The van der Waals surface area contributed by atoms with Crippen LogP contribution in [0, 0.1) is 11.8 Å². The van der Waals surface area contributed by atoms with Gasteiger partial charge in [-0.15, -0.1) is 0 Å². The van der Waals surface area contributed by atoms with Crippen LogP contribution in [-0.2, 0) is 16.1 Å². The number of para-hydroxylation sites is 2. The zero-order valence-corrected chi connectivity index (χ0v) is 12.8. The van der Waals surface area contributed by atoms with Crippen molar-refractivity contribution in [3.8, 4) is 0 Å². The number of hydrogen-bond donors (Lipinski definition) is 1. The molecule has 2 aliphatic rings. The Hall–Kier alpha value is -2.37.